The highest BCUT2D eigenvalue weighted by atomic mass is 31.2. The molecule has 44 valence electrons. The van der Waals surface area contributed by atoms with Gasteiger partial charge in [-0.25, -0.2) is 0 Å². The van der Waals surface area contributed by atoms with E-state index in [0.29, 0.717) is 0 Å². The van der Waals surface area contributed by atoms with E-state index in [1.807, 2.05) is 0 Å². The van der Waals surface area contributed by atoms with Gasteiger partial charge in [0.25, 0.3) is 0 Å². The van der Waals surface area contributed by atoms with Crippen LogP contribution in [0.15, 0.2) is 0 Å². The van der Waals surface area contributed by atoms with Gasteiger partial charge in [0.2, 0.25) is 0 Å². The van der Waals surface area contributed by atoms with E-state index in [1.54, 1.807) is 13.8 Å². The first-order valence-corrected chi connectivity index (χ1v) is 4.37. The van der Waals surface area contributed by atoms with Gasteiger partial charge in [0.05, 0.1) is 0 Å². The Morgan fingerprint density at radius 2 is 1.71 bits per heavy atom. The molecule has 0 heterocycles. The minimum Gasteiger partial charge on any atom is -0.799 e. The third-order valence-electron chi connectivity index (χ3n) is 0.938. The van der Waals surface area contributed by atoms with E-state index in [0.717, 1.165) is 0 Å². The van der Waals surface area contributed by atoms with Crippen LogP contribution in [0.4, 0.5) is 0 Å². The van der Waals surface area contributed by atoms with Crippen molar-refractivity contribution in [3.63, 3.8) is 0 Å². The molecule has 0 saturated carbocycles. The lowest BCUT2D eigenvalue weighted by atomic mass is 10.6. The SMILES string of the molecule is CC(C)P(C)(=O)[O-]. The molecule has 1 unspecified atom stereocenters. The maximum absolute atomic E-state index is 10.4. The van der Waals surface area contributed by atoms with Crippen LogP contribution >= 0.6 is 7.37 Å². The predicted molar refractivity (Wildman–Crippen MR) is 28.7 cm³/mol. The summed E-state index contributed by atoms with van der Waals surface area (Å²) >= 11 is 0. The molecule has 0 aliphatic heterocycles. The van der Waals surface area contributed by atoms with Crippen LogP contribution in [-0.4, -0.2) is 12.3 Å². The Morgan fingerprint density at radius 1 is 1.57 bits per heavy atom. The molecule has 2 nitrogen and oxygen atoms in total. The Labute approximate surface area is 44.0 Å². The van der Waals surface area contributed by atoms with Gasteiger partial charge in [-0.15, -0.1) is 0 Å². The monoisotopic (exact) mass is 121 g/mol. The van der Waals surface area contributed by atoms with Crippen LogP contribution in [-0.2, 0) is 4.57 Å². The van der Waals surface area contributed by atoms with E-state index >= 15 is 0 Å². The van der Waals surface area contributed by atoms with E-state index in [4.69, 9.17) is 0 Å². The Kier molecular flexibility index (Phi) is 2.03. The average Bonchev–Trinajstić information content (AvgIpc) is 1.31. The topological polar surface area (TPSA) is 40.1 Å². The van der Waals surface area contributed by atoms with Crippen LogP contribution in [0.25, 0.3) is 0 Å². The van der Waals surface area contributed by atoms with Crippen molar-refractivity contribution in [1.82, 2.24) is 0 Å². The Morgan fingerprint density at radius 3 is 1.71 bits per heavy atom. The van der Waals surface area contributed by atoms with E-state index in [9.17, 15) is 9.46 Å². The fraction of sp³-hybridized carbons (Fsp3) is 1.00. The van der Waals surface area contributed by atoms with Gasteiger partial charge in [-0.1, -0.05) is 13.8 Å². The number of rotatable bonds is 1. The van der Waals surface area contributed by atoms with Crippen LogP contribution in [0.2, 0.25) is 0 Å². The second-order valence-corrected chi connectivity index (χ2v) is 4.85. The van der Waals surface area contributed by atoms with E-state index in [-0.39, 0.29) is 5.66 Å². The van der Waals surface area contributed by atoms with Crippen molar-refractivity contribution >= 4 is 7.37 Å². The van der Waals surface area contributed by atoms with Crippen LogP contribution in [0, 0.1) is 0 Å². The third-order valence-corrected chi connectivity index (χ3v) is 2.81. The smallest absolute Gasteiger partial charge is 0.0142 e. The summed E-state index contributed by atoms with van der Waals surface area (Å²) in [6, 6.07) is 0. The molecule has 0 aliphatic rings. The van der Waals surface area contributed by atoms with Crippen molar-refractivity contribution in [2.75, 3.05) is 6.66 Å². The summed E-state index contributed by atoms with van der Waals surface area (Å²) in [5, 5.41) is 0. The molecule has 0 N–H and O–H groups in total. The zero-order valence-electron chi connectivity index (χ0n) is 4.84. The first kappa shape index (κ1) is 7.19. The molecule has 0 amide bonds. The molecular formula is C4H10O2P-. The molecule has 0 spiro atoms. The van der Waals surface area contributed by atoms with Gasteiger partial charge in [-0.05, 0) is 12.3 Å². The standard InChI is InChI=1S/C4H11O2P/c1-4(2)7(3,5)6/h4H,1-3H3,(H,5,6)/p-1. The van der Waals surface area contributed by atoms with Crippen LogP contribution in [0.3, 0.4) is 0 Å². The number of hydrogen-bond acceptors (Lipinski definition) is 2. The normalized spacial score (nSPS) is 19.6. The van der Waals surface area contributed by atoms with Crippen LogP contribution in [0.1, 0.15) is 13.8 Å². The van der Waals surface area contributed by atoms with Gasteiger partial charge < -0.3 is 9.46 Å². The molecule has 0 aromatic carbocycles. The Balaban J connectivity index is 3.80. The van der Waals surface area contributed by atoms with Crippen molar-refractivity contribution in [2.45, 2.75) is 19.5 Å². The summed E-state index contributed by atoms with van der Waals surface area (Å²) in [6.45, 7) is 4.61. The van der Waals surface area contributed by atoms with Crippen LogP contribution in [0.5, 0.6) is 0 Å². The zero-order chi connectivity index (χ0) is 6.08. The fourth-order valence-corrected chi connectivity index (χ4v) is 0. The molecule has 0 aliphatic carbocycles. The quantitative estimate of drug-likeness (QED) is 0.478. The molecule has 0 radical (unpaired) electrons. The molecule has 1 atom stereocenters. The molecule has 0 rings (SSSR count). The lowest BCUT2D eigenvalue weighted by Crippen LogP contribution is -2.08. The summed E-state index contributed by atoms with van der Waals surface area (Å²) < 4.78 is 10.4. The van der Waals surface area contributed by atoms with Crippen molar-refractivity contribution in [3.05, 3.63) is 0 Å². The van der Waals surface area contributed by atoms with Crippen molar-refractivity contribution in [3.8, 4) is 0 Å². The highest BCUT2D eigenvalue weighted by Gasteiger charge is 2.02. The van der Waals surface area contributed by atoms with Gasteiger partial charge in [0, 0.05) is 7.37 Å². The van der Waals surface area contributed by atoms with E-state index in [1.165, 1.54) is 6.66 Å². The molecule has 0 bridgehead atoms. The Hall–Kier alpha value is 0.190. The van der Waals surface area contributed by atoms with E-state index < -0.39 is 7.37 Å². The van der Waals surface area contributed by atoms with Crippen LogP contribution < -0.4 is 4.89 Å². The average molecular weight is 121 g/mol. The largest absolute Gasteiger partial charge is 0.799 e. The first-order chi connectivity index (χ1) is 2.94. The van der Waals surface area contributed by atoms with Gasteiger partial charge in [-0.3, -0.25) is 0 Å². The lowest BCUT2D eigenvalue weighted by Gasteiger charge is -2.21. The predicted octanol–water partition coefficient (Wildman–Crippen LogP) is 0.663. The first-order valence-electron chi connectivity index (χ1n) is 2.23. The minimum absolute atomic E-state index is 0.201. The minimum atomic E-state index is -2.99. The molecule has 3 heteroatoms. The maximum atomic E-state index is 10.4. The Bertz CT molecular complexity index is 91.9. The molecule has 0 aromatic heterocycles. The van der Waals surface area contributed by atoms with Crippen molar-refractivity contribution in [2.24, 2.45) is 0 Å². The number of hydrogen-bond donors (Lipinski definition) is 0. The van der Waals surface area contributed by atoms with Gasteiger partial charge in [0.15, 0.2) is 0 Å². The zero-order valence-corrected chi connectivity index (χ0v) is 5.74. The highest BCUT2D eigenvalue weighted by Crippen LogP contribution is 2.35. The molecule has 0 saturated heterocycles. The second-order valence-electron chi connectivity index (χ2n) is 2.00. The van der Waals surface area contributed by atoms with E-state index in [2.05, 4.69) is 0 Å². The summed E-state index contributed by atoms with van der Waals surface area (Å²) in [5.74, 6) is 0. The van der Waals surface area contributed by atoms with Crippen molar-refractivity contribution < 1.29 is 9.46 Å². The summed E-state index contributed by atoms with van der Waals surface area (Å²) in [4.78, 5) is 10.4. The van der Waals surface area contributed by atoms with Gasteiger partial charge in [-0.2, -0.15) is 0 Å². The third kappa shape index (κ3) is 2.84. The van der Waals surface area contributed by atoms with Gasteiger partial charge >= 0.3 is 0 Å². The second kappa shape index (κ2) is 1.97. The maximum Gasteiger partial charge on any atom is 0.0142 e. The van der Waals surface area contributed by atoms with Crippen molar-refractivity contribution in [1.29, 1.82) is 0 Å². The summed E-state index contributed by atoms with van der Waals surface area (Å²) in [5.41, 5.74) is -0.201. The van der Waals surface area contributed by atoms with Gasteiger partial charge in [0.1, 0.15) is 0 Å². The highest BCUT2D eigenvalue weighted by molar-refractivity contribution is 7.56. The molecule has 7 heavy (non-hydrogen) atoms. The molecule has 0 aromatic rings. The summed E-state index contributed by atoms with van der Waals surface area (Å²) in [7, 11) is -2.99. The molecular weight excluding hydrogens is 111 g/mol. The molecule has 0 fully saturated rings. The lowest BCUT2D eigenvalue weighted by molar-refractivity contribution is -0.175. The summed E-state index contributed by atoms with van der Waals surface area (Å²) in [6.07, 6.45) is 0. The fourth-order valence-electron chi connectivity index (χ4n) is 0.